The number of piperidine rings is 1. The first kappa shape index (κ1) is 16.6. The summed E-state index contributed by atoms with van der Waals surface area (Å²) in [5.41, 5.74) is 1.47. The van der Waals surface area contributed by atoms with E-state index in [0.29, 0.717) is 6.04 Å². The monoisotopic (exact) mass is 292 g/mol. The van der Waals surface area contributed by atoms with E-state index in [9.17, 15) is 0 Å². The van der Waals surface area contributed by atoms with Gasteiger partial charge < -0.3 is 9.73 Å². The second-order valence-corrected chi connectivity index (χ2v) is 7.86. The number of nitrogens with zero attached hydrogens (tertiary/aromatic N) is 1. The van der Waals surface area contributed by atoms with Gasteiger partial charge in [0.05, 0.1) is 6.54 Å². The zero-order chi connectivity index (χ0) is 15.6. The molecule has 2 atom stereocenters. The SMILES string of the molecule is Cc1oc(CNC(C)(C)C)cc1CN1CC(C)CCC1C. The molecule has 1 saturated heterocycles. The summed E-state index contributed by atoms with van der Waals surface area (Å²) in [4.78, 5) is 2.60. The molecule has 1 fully saturated rings. The van der Waals surface area contributed by atoms with Gasteiger partial charge in [0.2, 0.25) is 0 Å². The van der Waals surface area contributed by atoms with Gasteiger partial charge in [-0.05, 0) is 59.4 Å². The molecule has 0 amide bonds. The maximum absolute atomic E-state index is 5.92. The fraction of sp³-hybridized carbons (Fsp3) is 0.778. The van der Waals surface area contributed by atoms with E-state index in [-0.39, 0.29) is 5.54 Å². The largest absolute Gasteiger partial charge is 0.465 e. The minimum Gasteiger partial charge on any atom is -0.465 e. The molecule has 1 aliphatic heterocycles. The predicted octanol–water partition coefficient (Wildman–Crippen LogP) is 4.10. The average Bonchev–Trinajstić information content (AvgIpc) is 2.72. The van der Waals surface area contributed by atoms with Crippen molar-refractivity contribution < 1.29 is 4.42 Å². The fourth-order valence-electron chi connectivity index (χ4n) is 3.00. The highest BCUT2D eigenvalue weighted by atomic mass is 16.3. The molecule has 120 valence electrons. The van der Waals surface area contributed by atoms with Gasteiger partial charge in [-0.25, -0.2) is 0 Å². The summed E-state index contributed by atoms with van der Waals surface area (Å²) in [6.45, 7) is 16.4. The zero-order valence-electron chi connectivity index (χ0n) is 14.6. The molecule has 1 aromatic rings. The quantitative estimate of drug-likeness (QED) is 0.906. The van der Waals surface area contributed by atoms with E-state index in [0.717, 1.165) is 30.5 Å². The van der Waals surface area contributed by atoms with Gasteiger partial charge in [-0.1, -0.05) is 6.92 Å². The van der Waals surface area contributed by atoms with Crippen molar-refractivity contribution in [2.45, 2.75) is 79.1 Å². The van der Waals surface area contributed by atoms with Gasteiger partial charge >= 0.3 is 0 Å². The molecule has 0 aromatic carbocycles. The molecule has 2 rings (SSSR count). The lowest BCUT2D eigenvalue weighted by molar-refractivity contribution is 0.117. The Bertz CT molecular complexity index is 458. The van der Waals surface area contributed by atoms with Crippen molar-refractivity contribution in [3.8, 4) is 0 Å². The Hall–Kier alpha value is -0.800. The summed E-state index contributed by atoms with van der Waals surface area (Å²) in [6.07, 6.45) is 2.68. The third-order valence-corrected chi connectivity index (χ3v) is 4.48. The van der Waals surface area contributed by atoms with Crippen LogP contribution in [0.25, 0.3) is 0 Å². The lowest BCUT2D eigenvalue weighted by Crippen LogP contribution is -2.40. The van der Waals surface area contributed by atoms with Gasteiger partial charge in [0, 0.05) is 30.2 Å². The van der Waals surface area contributed by atoms with Gasteiger partial charge in [-0.15, -0.1) is 0 Å². The van der Waals surface area contributed by atoms with E-state index in [1.165, 1.54) is 24.9 Å². The van der Waals surface area contributed by atoms with Crippen LogP contribution in [-0.2, 0) is 13.1 Å². The Balaban J connectivity index is 1.98. The zero-order valence-corrected chi connectivity index (χ0v) is 14.6. The van der Waals surface area contributed by atoms with Crippen LogP contribution >= 0.6 is 0 Å². The maximum atomic E-state index is 5.92. The van der Waals surface area contributed by atoms with E-state index in [4.69, 9.17) is 4.42 Å². The van der Waals surface area contributed by atoms with Gasteiger partial charge in [-0.3, -0.25) is 4.90 Å². The van der Waals surface area contributed by atoms with Crippen LogP contribution in [0, 0.1) is 12.8 Å². The van der Waals surface area contributed by atoms with E-state index < -0.39 is 0 Å². The van der Waals surface area contributed by atoms with E-state index in [1.807, 2.05) is 0 Å². The molecule has 0 radical (unpaired) electrons. The third-order valence-electron chi connectivity index (χ3n) is 4.48. The van der Waals surface area contributed by atoms with Crippen LogP contribution in [0.1, 0.15) is 64.5 Å². The highest BCUT2D eigenvalue weighted by molar-refractivity contribution is 5.21. The van der Waals surface area contributed by atoms with Crippen molar-refractivity contribution in [1.82, 2.24) is 10.2 Å². The summed E-state index contributed by atoms with van der Waals surface area (Å²) in [5, 5.41) is 3.49. The van der Waals surface area contributed by atoms with Crippen LogP contribution in [0.5, 0.6) is 0 Å². The summed E-state index contributed by atoms with van der Waals surface area (Å²) >= 11 is 0. The lowest BCUT2D eigenvalue weighted by atomic mass is 9.94. The summed E-state index contributed by atoms with van der Waals surface area (Å²) in [7, 11) is 0. The highest BCUT2D eigenvalue weighted by Gasteiger charge is 2.24. The Kier molecular flexibility index (Phi) is 5.15. The number of likely N-dealkylation sites (tertiary alicyclic amines) is 1. The number of furan rings is 1. The van der Waals surface area contributed by atoms with Crippen molar-refractivity contribution in [2.75, 3.05) is 6.54 Å². The highest BCUT2D eigenvalue weighted by Crippen LogP contribution is 2.25. The minimum absolute atomic E-state index is 0.123. The molecule has 0 aliphatic carbocycles. The molecule has 1 aliphatic rings. The van der Waals surface area contributed by atoms with Crippen molar-refractivity contribution >= 4 is 0 Å². The van der Waals surface area contributed by atoms with Gasteiger partial charge in [-0.2, -0.15) is 0 Å². The fourth-order valence-corrected chi connectivity index (χ4v) is 3.00. The second-order valence-electron chi connectivity index (χ2n) is 7.86. The molecule has 21 heavy (non-hydrogen) atoms. The molecule has 0 saturated carbocycles. The first-order valence-electron chi connectivity index (χ1n) is 8.32. The molecular weight excluding hydrogens is 260 g/mol. The van der Waals surface area contributed by atoms with Crippen molar-refractivity contribution in [2.24, 2.45) is 5.92 Å². The Morgan fingerprint density at radius 3 is 2.67 bits per heavy atom. The first-order chi connectivity index (χ1) is 9.74. The van der Waals surface area contributed by atoms with Crippen molar-refractivity contribution in [3.05, 3.63) is 23.2 Å². The normalized spacial score (nSPS) is 24.5. The molecule has 1 aromatic heterocycles. The van der Waals surface area contributed by atoms with Crippen molar-refractivity contribution in [1.29, 1.82) is 0 Å². The summed E-state index contributed by atoms with van der Waals surface area (Å²) in [6, 6.07) is 2.92. The van der Waals surface area contributed by atoms with Crippen LogP contribution < -0.4 is 5.32 Å². The Morgan fingerprint density at radius 1 is 1.29 bits per heavy atom. The average molecular weight is 292 g/mol. The molecule has 0 spiro atoms. The summed E-state index contributed by atoms with van der Waals surface area (Å²) in [5.74, 6) is 2.94. The van der Waals surface area contributed by atoms with E-state index >= 15 is 0 Å². The van der Waals surface area contributed by atoms with Crippen LogP contribution in [0.4, 0.5) is 0 Å². The smallest absolute Gasteiger partial charge is 0.118 e. The molecular formula is C18H32N2O. The molecule has 0 bridgehead atoms. The third kappa shape index (κ3) is 4.86. The number of aryl methyl sites for hydroxylation is 1. The number of rotatable bonds is 4. The van der Waals surface area contributed by atoms with Crippen LogP contribution in [0.15, 0.2) is 10.5 Å². The first-order valence-corrected chi connectivity index (χ1v) is 8.32. The predicted molar refractivity (Wildman–Crippen MR) is 88.3 cm³/mol. The maximum Gasteiger partial charge on any atom is 0.118 e. The van der Waals surface area contributed by atoms with Crippen molar-refractivity contribution in [3.63, 3.8) is 0 Å². The molecule has 1 N–H and O–H groups in total. The molecule has 2 unspecified atom stereocenters. The van der Waals surface area contributed by atoms with E-state index in [1.54, 1.807) is 0 Å². The molecule has 3 nitrogen and oxygen atoms in total. The minimum atomic E-state index is 0.123. The van der Waals surface area contributed by atoms with Crippen LogP contribution in [0.2, 0.25) is 0 Å². The number of hydrogen-bond acceptors (Lipinski definition) is 3. The van der Waals surface area contributed by atoms with Crippen LogP contribution in [0.3, 0.4) is 0 Å². The number of hydrogen-bond donors (Lipinski definition) is 1. The van der Waals surface area contributed by atoms with Crippen LogP contribution in [-0.4, -0.2) is 23.0 Å². The Labute approximate surface area is 130 Å². The number of nitrogens with one attached hydrogen (secondary N) is 1. The van der Waals surface area contributed by atoms with E-state index in [2.05, 4.69) is 57.8 Å². The van der Waals surface area contributed by atoms with Gasteiger partial charge in [0.1, 0.15) is 11.5 Å². The van der Waals surface area contributed by atoms with Gasteiger partial charge in [0.25, 0.3) is 0 Å². The lowest BCUT2D eigenvalue weighted by Gasteiger charge is -2.36. The molecule has 2 heterocycles. The molecule has 3 heteroatoms. The summed E-state index contributed by atoms with van der Waals surface area (Å²) < 4.78 is 5.92. The standard InChI is InChI=1S/C18H32N2O/c1-13-7-8-14(2)20(11-13)12-16-9-17(21-15(16)3)10-19-18(4,5)6/h9,13-14,19H,7-8,10-12H2,1-6H3. The van der Waals surface area contributed by atoms with Gasteiger partial charge in [0.15, 0.2) is 0 Å². The second kappa shape index (κ2) is 6.53. The topological polar surface area (TPSA) is 28.4 Å². The Morgan fingerprint density at radius 2 is 2.00 bits per heavy atom.